The van der Waals surface area contributed by atoms with Crippen LogP contribution in [0.5, 0.6) is 11.5 Å². The highest BCUT2D eigenvalue weighted by atomic mass is 16.5. The molecule has 0 bridgehead atoms. The summed E-state index contributed by atoms with van der Waals surface area (Å²) < 4.78 is 13.5. The van der Waals surface area contributed by atoms with Crippen molar-refractivity contribution in [3.63, 3.8) is 0 Å². The molecule has 10 nitrogen and oxygen atoms in total. The van der Waals surface area contributed by atoms with E-state index in [2.05, 4.69) is 21.0 Å². The lowest BCUT2D eigenvalue weighted by Crippen LogP contribution is -2.15. The average Bonchev–Trinajstić information content (AvgIpc) is 3.13. The third kappa shape index (κ3) is 5.36. The van der Waals surface area contributed by atoms with Gasteiger partial charge in [0.15, 0.2) is 17.3 Å². The molecule has 5 rings (SSSR count). The van der Waals surface area contributed by atoms with Gasteiger partial charge in [0.05, 0.1) is 31.0 Å². The van der Waals surface area contributed by atoms with Crippen LogP contribution < -0.4 is 20.1 Å². The summed E-state index contributed by atoms with van der Waals surface area (Å²) in [6.07, 6.45) is 4.44. The summed E-state index contributed by atoms with van der Waals surface area (Å²) in [5.74, 6) is 1.98. The first-order valence-corrected chi connectivity index (χ1v) is 11.8. The van der Waals surface area contributed by atoms with Crippen LogP contribution in [0.3, 0.4) is 0 Å². The van der Waals surface area contributed by atoms with Crippen molar-refractivity contribution in [2.24, 2.45) is 0 Å². The molecular formula is C27H26N8O2. The maximum Gasteiger partial charge on any atom is 0.230 e. The fourth-order valence-electron chi connectivity index (χ4n) is 3.93. The highest BCUT2D eigenvalue weighted by Crippen LogP contribution is 2.35. The van der Waals surface area contributed by atoms with E-state index in [1.54, 1.807) is 25.1 Å². The molecule has 0 unspecified atom stereocenters. The van der Waals surface area contributed by atoms with Crippen molar-refractivity contribution in [3.8, 4) is 28.8 Å². The van der Waals surface area contributed by atoms with E-state index in [9.17, 15) is 5.26 Å². The van der Waals surface area contributed by atoms with Gasteiger partial charge in [-0.15, -0.1) is 0 Å². The summed E-state index contributed by atoms with van der Waals surface area (Å²) >= 11 is 0. The molecule has 0 spiro atoms. The van der Waals surface area contributed by atoms with Gasteiger partial charge >= 0.3 is 0 Å². The fourth-order valence-corrected chi connectivity index (χ4v) is 3.93. The predicted molar refractivity (Wildman–Crippen MR) is 141 cm³/mol. The van der Waals surface area contributed by atoms with Crippen molar-refractivity contribution >= 4 is 23.5 Å². The summed E-state index contributed by atoms with van der Waals surface area (Å²) in [6, 6.07) is 18.0. The molecule has 1 aliphatic rings. The standard InChI is InChI=1S/C27H26N8O2/c1-34(2)27-31-25(30-26(29)32-27)20(15-28)13-21-17-35(16-18-7-4-3-5-8-18)33-24(21)19-9-10-22-23(14-19)37-12-6-11-36-22/h3-5,7-10,13-14,17H,6,11-12,16H2,1-2H3,(H2,29,30,31,32)/b20-13+. The predicted octanol–water partition coefficient (Wildman–Crippen LogP) is 3.66. The van der Waals surface area contributed by atoms with Crippen molar-refractivity contribution < 1.29 is 9.47 Å². The van der Waals surface area contributed by atoms with Crippen molar-refractivity contribution in [1.82, 2.24) is 24.7 Å². The number of allylic oxidation sites excluding steroid dienone is 1. The molecule has 186 valence electrons. The van der Waals surface area contributed by atoms with Crippen LogP contribution in [0.4, 0.5) is 11.9 Å². The number of hydrogen-bond donors (Lipinski definition) is 1. The maximum absolute atomic E-state index is 10.0. The number of anilines is 2. The van der Waals surface area contributed by atoms with Gasteiger partial charge in [-0.05, 0) is 29.8 Å². The van der Waals surface area contributed by atoms with Crippen molar-refractivity contribution in [2.75, 3.05) is 37.9 Å². The quantitative estimate of drug-likeness (QED) is 0.399. The number of hydrogen-bond acceptors (Lipinski definition) is 9. The largest absolute Gasteiger partial charge is 0.490 e. The fraction of sp³-hybridized carbons (Fsp3) is 0.222. The average molecular weight is 495 g/mol. The lowest BCUT2D eigenvalue weighted by atomic mass is 10.1. The lowest BCUT2D eigenvalue weighted by molar-refractivity contribution is 0.297. The molecule has 3 heterocycles. The Labute approximate surface area is 214 Å². The molecule has 2 N–H and O–H groups in total. The van der Waals surface area contributed by atoms with Crippen molar-refractivity contribution in [1.29, 1.82) is 5.26 Å². The Morgan fingerprint density at radius 1 is 1.08 bits per heavy atom. The van der Waals surface area contributed by atoms with Gasteiger partial charge in [0.25, 0.3) is 0 Å². The normalized spacial score (nSPS) is 13.1. The van der Waals surface area contributed by atoms with Gasteiger partial charge in [0, 0.05) is 37.8 Å². The molecule has 0 saturated carbocycles. The van der Waals surface area contributed by atoms with Crippen LogP contribution in [0, 0.1) is 11.3 Å². The number of fused-ring (bicyclic) bond motifs is 1. The molecule has 37 heavy (non-hydrogen) atoms. The minimum absolute atomic E-state index is 0.0396. The van der Waals surface area contributed by atoms with Crippen molar-refractivity contribution in [3.05, 3.63) is 71.7 Å². The third-order valence-corrected chi connectivity index (χ3v) is 5.70. The van der Waals surface area contributed by atoms with Crippen LogP contribution in [0.25, 0.3) is 22.9 Å². The number of rotatable bonds is 6. The van der Waals surface area contributed by atoms with E-state index in [1.165, 1.54) is 0 Å². The van der Waals surface area contributed by atoms with E-state index in [4.69, 9.17) is 20.3 Å². The number of aromatic nitrogens is 5. The smallest absolute Gasteiger partial charge is 0.230 e. The molecule has 1 aliphatic heterocycles. The van der Waals surface area contributed by atoms with E-state index in [0.29, 0.717) is 42.9 Å². The molecule has 2 aromatic heterocycles. The number of nitriles is 1. The number of ether oxygens (including phenoxy) is 2. The second-order valence-electron chi connectivity index (χ2n) is 8.71. The molecule has 0 radical (unpaired) electrons. The second kappa shape index (κ2) is 10.4. The van der Waals surface area contributed by atoms with Gasteiger partial charge in [-0.25, -0.2) is 0 Å². The zero-order valence-electron chi connectivity index (χ0n) is 20.6. The Morgan fingerprint density at radius 2 is 1.86 bits per heavy atom. The maximum atomic E-state index is 10.0. The van der Waals surface area contributed by atoms with Gasteiger partial charge in [0.1, 0.15) is 6.07 Å². The number of nitrogens with zero attached hydrogens (tertiary/aromatic N) is 7. The topological polar surface area (TPSA) is 128 Å². The first kappa shape index (κ1) is 23.8. The van der Waals surface area contributed by atoms with E-state index in [-0.39, 0.29) is 17.3 Å². The Hall–Kier alpha value is -4.91. The van der Waals surface area contributed by atoms with Crippen molar-refractivity contribution in [2.45, 2.75) is 13.0 Å². The lowest BCUT2D eigenvalue weighted by Gasteiger charge is -2.11. The number of nitrogens with two attached hydrogens (primary N) is 1. The van der Waals surface area contributed by atoms with Crippen LogP contribution in [-0.2, 0) is 6.54 Å². The summed E-state index contributed by atoms with van der Waals surface area (Å²) in [4.78, 5) is 14.4. The molecule has 0 atom stereocenters. The number of nitrogen functional groups attached to an aromatic ring is 1. The van der Waals surface area contributed by atoms with Gasteiger partial charge in [-0.2, -0.15) is 25.3 Å². The summed E-state index contributed by atoms with van der Waals surface area (Å²) in [5, 5.41) is 14.9. The van der Waals surface area contributed by atoms with Gasteiger partial charge in [-0.3, -0.25) is 4.68 Å². The van der Waals surface area contributed by atoms with Crippen LogP contribution in [0.2, 0.25) is 0 Å². The monoisotopic (exact) mass is 494 g/mol. The molecule has 10 heteroatoms. The first-order chi connectivity index (χ1) is 18.0. The Kier molecular flexibility index (Phi) is 6.68. The molecular weight excluding hydrogens is 468 g/mol. The number of benzene rings is 2. The molecule has 4 aromatic rings. The third-order valence-electron chi connectivity index (χ3n) is 5.70. The van der Waals surface area contributed by atoms with E-state index in [0.717, 1.165) is 23.1 Å². The summed E-state index contributed by atoms with van der Waals surface area (Å²) in [6.45, 7) is 1.76. The first-order valence-electron chi connectivity index (χ1n) is 11.8. The molecule has 2 aromatic carbocycles. The Bertz CT molecular complexity index is 1490. The highest BCUT2D eigenvalue weighted by Gasteiger charge is 2.18. The second-order valence-corrected chi connectivity index (χ2v) is 8.71. The Balaban J connectivity index is 1.61. The summed E-state index contributed by atoms with van der Waals surface area (Å²) in [7, 11) is 3.59. The zero-order chi connectivity index (χ0) is 25.8. The SMILES string of the molecule is CN(C)c1nc(N)nc(/C(C#N)=C/c2cn(Cc3ccccc3)nc2-c2ccc3c(c2)OCCCO3)n1. The van der Waals surface area contributed by atoms with E-state index < -0.39 is 0 Å². The van der Waals surface area contributed by atoms with Crippen LogP contribution in [-0.4, -0.2) is 52.0 Å². The van der Waals surface area contributed by atoms with Crippen LogP contribution in [0.1, 0.15) is 23.4 Å². The van der Waals surface area contributed by atoms with E-state index in [1.807, 2.05) is 59.4 Å². The minimum Gasteiger partial charge on any atom is -0.490 e. The Morgan fingerprint density at radius 3 is 2.62 bits per heavy atom. The minimum atomic E-state index is 0.0396. The van der Waals surface area contributed by atoms with Gasteiger partial charge in [-0.1, -0.05) is 30.3 Å². The van der Waals surface area contributed by atoms with Gasteiger partial charge < -0.3 is 20.1 Å². The molecule has 0 amide bonds. The summed E-state index contributed by atoms with van der Waals surface area (Å²) in [5.41, 5.74) is 9.51. The molecule has 0 aliphatic carbocycles. The van der Waals surface area contributed by atoms with Gasteiger partial charge in [0.2, 0.25) is 11.9 Å². The molecule has 0 fully saturated rings. The van der Waals surface area contributed by atoms with Crippen LogP contribution >= 0.6 is 0 Å². The van der Waals surface area contributed by atoms with E-state index >= 15 is 0 Å². The zero-order valence-corrected chi connectivity index (χ0v) is 20.6. The van der Waals surface area contributed by atoms with Crippen LogP contribution in [0.15, 0.2) is 54.7 Å². The molecule has 0 saturated heterocycles. The highest BCUT2D eigenvalue weighted by molar-refractivity contribution is 5.90.